The third-order valence-electron chi connectivity index (χ3n) is 6.21. The van der Waals surface area contributed by atoms with Gasteiger partial charge in [0.2, 0.25) is 0 Å². The number of aliphatic hydroxyl groups is 1. The Kier molecular flexibility index (Phi) is 11.9. The Morgan fingerprint density at radius 1 is 1.00 bits per heavy atom. The van der Waals surface area contributed by atoms with E-state index in [1.54, 1.807) is 0 Å². The number of hydrogen-bond acceptors (Lipinski definition) is 4. The van der Waals surface area contributed by atoms with Crippen LogP contribution in [-0.2, 0) is 7.05 Å². The maximum Gasteiger partial charge on any atom is 0.146 e. The summed E-state index contributed by atoms with van der Waals surface area (Å²) in [5.41, 5.74) is 4.20. The van der Waals surface area contributed by atoms with E-state index in [-0.39, 0.29) is 6.61 Å². The second-order valence-electron chi connectivity index (χ2n) is 8.14. The first-order valence-electron chi connectivity index (χ1n) is 12.8. The molecule has 0 unspecified atom stereocenters. The molecule has 186 valence electrons. The first-order valence-corrected chi connectivity index (χ1v) is 12.8. The monoisotopic (exact) mass is 465 g/mol. The Morgan fingerprint density at radius 3 is 2.35 bits per heavy atom. The van der Waals surface area contributed by atoms with Gasteiger partial charge in [-0.15, -0.1) is 0 Å². The molecule has 5 nitrogen and oxygen atoms in total. The highest BCUT2D eigenvalue weighted by molar-refractivity contribution is 5.86. The third kappa shape index (κ3) is 6.94. The molecule has 1 aliphatic rings. The fourth-order valence-corrected chi connectivity index (χ4v) is 4.48. The second-order valence-corrected chi connectivity index (χ2v) is 8.14. The largest absolute Gasteiger partial charge is 0.476 e. The molecule has 0 saturated heterocycles. The summed E-state index contributed by atoms with van der Waals surface area (Å²) < 4.78 is 8.26. The minimum Gasteiger partial charge on any atom is -0.476 e. The fourth-order valence-electron chi connectivity index (χ4n) is 4.48. The summed E-state index contributed by atoms with van der Waals surface area (Å²) in [6, 6.07) is 15.2. The van der Waals surface area contributed by atoms with Crippen LogP contribution in [0.1, 0.15) is 59.8 Å². The van der Waals surface area contributed by atoms with Crippen LogP contribution in [0.5, 0.6) is 5.75 Å². The highest BCUT2D eigenvalue weighted by Crippen LogP contribution is 2.34. The highest BCUT2D eigenvalue weighted by atomic mass is 16.5. The predicted molar refractivity (Wildman–Crippen MR) is 146 cm³/mol. The third-order valence-corrected chi connectivity index (χ3v) is 6.21. The second kappa shape index (κ2) is 14.6. The van der Waals surface area contributed by atoms with E-state index in [1.165, 1.54) is 43.0 Å². The van der Waals surface area contributed by atoms with Crippen LogP contribution in [0.25, 0.3) is 22.0 Å². The van der Waals surface area contributed by atoms with Gasteiger partial charge in [-0.2, -0.15) is 0 Å². The van der Waals surface area contributed by atoms with Crippen LogP contribution in [0.3, 0.4) is 0 Å². The van der Waals surface area contributed by atoms with E-state index in [0.717, 1.165) is 22.6 Å². The van der Waals surface area contributed by atoms with Crippen LogP contribution in [0.15, 0.2) is 53.7 Å². The van der Waals surface area contributed by atoms with Gasteiger partial charge in [0.25, 0.3) is 0 Å². The highest BCUT2D eigenvalue weighted by Gasteiger charge is 2.21. The molecule has 0 spiro atoms. The molecule has 0 aliphatic heterocycles. The quantitative estimate of drug-likeness (QED) is 0.283. The van der Waals surface area contributed by atoms with Crippen LogP contribution in [-0.4, -0.2) is 47.2 Å². The van der Waals surface area contributed by atoms with E-state index in [1.807, 2.05) is 39.8 Å². The Balaban J connectivity index is 0.000000970. The molecule has 2 aromatic carbocycles. The standard InChI is InChI=1S/C25H31N3O2.2C2H6/c1-26-23-17-20(19-8-10-24-21(16-19)12-13-27(24)2)9-11-25(23)30-18-28(14-15-29)22-6-4-3-5-7-22;2*1-2/h8-13,16-17,22,29H,1,3-7,14-15,18H2,2H3;2*1-2H3. The number of aryl methyl sites for hydroxylation is 1. The van der Waals surface area contributed by atoms with Crippen molar-refractivity contribution in [2.45, 2.75) is 65.8 Å². The van der Waals surface area contributed by atoms with Crippen molar-refractivity contribution in [2.24, 2.45) is 12.0 Å². The zero-order valence-electron chi connectivity index (χ0n) is 21.8. The van der Waals surface area contributed by atoms with E-state index in [4.69, 9.17) is 4.74 Å². The zero-order chi connectivity index (χ0) is 24.9. The molecule has 0 bridgehead atoms. The van der Waals surface area contributed by atoms with Crippen molar-refractivity contribution < 1.29 is 9.84 Å². The molecule has 0 atom stereocenters. The van der Waals surface area contributed by atoms with Gasteiger partial charge in [0.05, 0.1) is 6.61 Å². The van der Waals surface area contributed by atoms with E-state index in [9.17, 15) is 5.11 Å². The van der Waals surface area contributed by atoms with Crippen LogP contribution in [0.4, 0.5) is 5.69 Å². The summed E-state index contributed by atoms with van der Waals surface area (Å²) >= 11 is 0. The lowest BCUT2D eigenvalue weighted by atomic mass is 9.94. The Labute approximate surface area is 206 Å². The number of aliphatic imine (C=N–C) groups is 1. The molecule has 0 amide bonds. The molecule has 1 fully saturated rings. The lowest BCUT2D eigenvalue weighted by molar-refractivity contribution is 0.0503. The van der Waals surface area contributed by atoms with Gasteiger partial charge in [0.1, 0.15) is 18.2 Å². The number of fused-ring (bicyclic) bond motifs is 1. The van der Waals surface area contributed by atoms with E-state index in [2.05, 4.69) is 64.8 Å². The molecule has 0 radical (unpaired) electrons. The zero-order valence-corrected chi connectivity index (χ0v) is 21.8. The molecule has 3 aromatic rings. The first kappa shape index (κ1) is 27.6. The molecule has 1 heterocycles. The SMILES string of the molecule is C=Nc1cc(-c2ccc3c(ccn3C)c2)ccc1OCN(CCO)C1CCCCC1.CC.CC. The molecular formula is C29H43N3O2. The number of nitrogens with zero attached hydrogens (tertiary/aromatic N) is 3. The molecule has 1 aliphatic carbocycles. The Hall–Kier alpha value is -2.63. The summed E-state index contributed by atoms with van der Waals surface area (Å²) in [6.45, 7) is 13.0. The van der Waals surface area contributed by atoms with Crippen molar-refractivity contribution in [1.82, 2.24) is 9.47 Å². The molecule has 1 saturated carbocycles. The van der Waals surface area contributed by atoms with Gasteiger partial charge in [-0.25, -0.2) is 0 Å². The number of rotatable bonds is 8. The number of aliphatic hydroxyl groups excluding tert-OH is 1. The van der Waals surface area contributed by atoms with Gasteiger partial charge < -0.3 is 14.4 Å². The normalized spacial score (nSPS) is 13.6. The van der Waals surface area contributed by atoms with Crippen molar-refractivity contribution in [1.29, 1.82) is 0 Å². The average Bonchev–Trinajstić information content (AvgIpc) is 3.29. The summed E-state index contributed by atoms with van der Waals surface area (Å²) in [6.07, 6.45) is 8.25. The maximum atomic E-state index is 9.48. The number of aromatic nitrogens is 1. The predicted octanol–water partition coefficient (Wildman–Crippen LogP) is 7.19. The van der Waals surface area contributed by atoms with Gasteiger partial charge in [-0.1, -0.05) is 59.1 Å². The molecule has 34 heavy (non-hydrogen) atoms. The van der Waals surface area contributed by atoms with Crippen LogP contribution < -0.4 is 4.74 Å². The van der Waals surface area contributed by atoms with E-state index < -0.39 is 0 Å². The molecule has 4 rings (SSSR count). The van der Waals surface area contributed by atoms with Crippen molar-refractivity contribution >= 4 is 23.3 Å². The topological polar surface area (TPSA) is 50.0 Å². The van der Waals surface area contributed by atoms with Crippen molar-refractivity contribution in [3.8, 4) is 16.9 Å². The van der Waals surface area contributed by atoms with Gasteiger partial charge in [-0.05, 0) is 61.0 Å². The minimum absolute atomic E-state index is 0.146. The minimum atomic E-state index is 0.146. The van der Waals surface area contributed by atoms with Gasteiger partial charge >= 0.3 is 0 Å². The van der Waals surface area contributed by atoms with Crippen molar-refractivity contribution in [3.05, 3.63) is 48.7 Å². The van der Waals surface area contributed by atoms with E-state index >= 15 is 0 Å². The Morgan fingerprint density at radius 2 is 1.68 bits per heavy atom. The van der Waals surface area contributed by atoms with Crippen LogP contribution >= 0.6 is 0 Å². The number of ether oxygens (including phenoxy) is 1. The van der Waals surface area contributed by atoms with E-state index in [0.29, 0.717) is 19.3 Å². The van der Waals surface area contributed by atoms with Crippen LogP contribution in [0, 0.1) is 0 Å². The lowest BCUT2D eigenvalue weighted by Gasteiger charge is -2.33. The molecule has 1 aromatic heterocycles. The number of hydrogen-bond donors (Lipinski definition) is 1. The van der Waals surface area contributed by atoms with Gasteiger partial charge in [0, 0.05) is 36.7 Å². The molecule has 1 N–H and O–H groups in total. The maximum absolute atomic E-state index is 9.48. The van der Waals surface area contributed by atoms with Crippen molar-refractivity contribution in [2.75, 3.05) is 19.9 Å². The summed E-state index contributed by atoms with van der Waals surface area (Å²) in [7, 11) is 2.06. The van der Waals surface area contributed by atoms with Gasteiger partial charge in [0.15, 0.2) is 0 Å². The summed E-state index contributed by atoms with van der Waals surface area (Å²) in [5, 5.41) is 10.7. The molecular weight excluding hydrogens is 422 g/mol. The van der Waals surface area contributed by atoms with Crippen LogP contribution in [0.2, 0.25) is 0 Å². The lowest BCUT2D eigenvalue weighted by Crippen LogP contribution is -2.41. The summed E-state index contributed by atoms with van der Waals surface area (Å²) in [4.78, 5) is 6.47. The molecule has 5 heteroatoms. The average molecular weight is 466 g/mol. The van der Waals surface area contributed by atoms with Gasteiger partial charge in [-0.3, -0.25) is 9.89 Å². The number of benzene rings is 2. The smallest absolute Gasteiger partial charge is 0.146 e. The van der Waals surface area contributed by atoms with Crippen molar-refractivity contribution in [3.63, 3.8) is 0 Å². The first-order chi connectivity index (χ1) is 16.7. The Bertz CT molecular complexity index is 1010. The summed E-state index contributed by atoms with van der Waals surface area (Å²) in [5.74, 6) is 0.730. The fraction of sp³-hybridized carbons (Fsp3) is 0.483.